The van der Waals surface area contributed by atoms with Gasteiger partial charge >= 0.3 is 0 Å². The van der Waals surface area contributed by atoms with Crippen LogP contribution in [0.2, 0.25) is 0 Å². The van der Waals surface area contributed by atoms with Crippen molar-refractivity contribution in [2.75, 3.05) is 6.54 Å². The molecule has 2 heteroatoms. The Kier molecular flexibility index (Phi) is 1.64. The van der Waals surface area contributed by atoms with Crippen LogP contribution in [0.3, 0.4) is 0 Å². The van der Waals surface area contributed by atoms with Gasteiger partial charge in [0.2, 0.25) is 0 Å². The van der Waals surface area contributed by atoms with Crippen molar-refractivity contribution >= 4 is 11.8 Å². The first-order chi connectivity index (χ1) is 6.86. The average molecular weight is 186 g/mol. The molecule has 1 aliphatic carbocycles. The van der Waals surface area contributed by atoms with Crippen LogP contribution in [0.1, 0.15) is 12.8 Å². The van der Waals surface area contributed by atoms with E-state index in [0.29, 0.717) is 5.92 Å². The lowest BCUT2D eigenvalue weighted by Gasteiger charge is -2.19. The molecule has 1 aliphatic heterocycles. The standard InChI is InChI=1S/C12H14N2/c13-14-8-7-10-6-5-9-3-1-2-4-11(9)12(10)14/h1-5,10H,6-8,13H2. The molecule has 2 nitrogen and oxygen atoms in total. The molecule has 14 heavy (non-hydrogen) atoms. The Morgan fingerprint density at radius 2 is 2.14 bits per heavy atom. The number of rotatable bonds is 0. The van der Waals surface area contributed by atoms with Crippen LogP contribution < -0.4 is 16.3 Å². The number of nitrogens with two attached hydrogens (primary N) is 1. The smallest absolute Gasteiger partial charge is 0.0404 e. The minimum atomic E-state index is 0.662. The van der Waals surface area contributed by atoms with Gasteiger partial charge in [-0.15, -0.1) is 0 Å². The summed E-state index contributed by atoms with van der Waals surface area (Å²) >= 11 is 0. The maximum atomic E-state index is 5.99. The molecule has 2 aliphatic rings. The van der Waals surface area contributed by atoms with Gasteiger partial charge in [0.05, 0.1) is 0 Å². The monoisotopic (exact) mass is 186 g/mol. The number of benzene rings is 1. The van der Waals surface area contributed by atoms with E-state index < -0.39 is 0 Å². The Hall–Kier alpha value is -1.28. The fraction of sp³-hybridized carbons (Fsp3) is 0.333. The number of hydrogen-bond acceptors (Lipinski definition) is 2. The summed E-state index contributed by atoms with van der Waals surface area (Å²) in [6.45, 7) is 1.00. The molecule has 72 valence electrons. The van der Waals surface area contributed by atoms with Crippen molar-refractivity contribution in [2.24, 2.45) is 11.8 Å². The van der Waals surface area contributed by atoms with Crippen molar-refractivity contribution in [3.05, 3.63) is 34.7 Å². The van der Waals surface area contributed by atoms with Gasteiger partial charge in [0.25, 0.3) is 0 Å². The molecule has 3 rings (SSSR count). The van der Waals surface area contributed by atoms with Crippen LogP contribution in [-0.2, 0) is 0 Å². The van der Waals surface area contributed by atoms with E-state index in [2.05, 4.69) is 30.3 Å². The summed E-state index contributed by atoms with van der Waals surface area (Å²) in [5.74, 6) is 6.65. The second-order valence-corrected chi connectivity index (χ2v) is 4.09. The van der Waals surface area contributed by atoms with Crippen LogP contribution in [0, 0.1) is 5.92 Å². The largest absolute Gasteiger partial charge is 0.314 e. The molecule has 1 heterocycles. The molecule has 1 fully saturated rings. The summed E-state index contributed by atoms with van der Waals surface area (Å²) in [6, 6.07) is 8.53. The normalized spacial score (nSPS) is 24.2. The molecule has 0 amide bonds. The minimum Gasteiger partial charge on any atom is -0.314 e. The van der Waals surface area contributed by atoms with E-state index in [9.17, 15) is 0 Å². The summed E-state index contributed by atoms with van der Waals surface area (Å²) < 4.78 is 0. The quantitative estimate of drug-likeness (QED) is 0.585. The average Bonchev–Trinajstić information content (AvgIpc) is 2.61. The Morgan fingerprint density at radius 1 is 1.29 bits per heavy atom. The molecule has 0 bridgehead atoms. The Morgan fingerprint density at radius 3 is 3.07 bits per heavy atom. The molecular weight excluding hydrogens is 172 g/mol. The summed E-state index contributed by atoms with van der Waals surface area (Å²) in [5, 5.41) is 4.61. The molecule has 2 N–H and O–H groups in total. The second kappa shape index (κ2) is 2.85. The molecule has 1 aromatic carbocycles. The van der Waals surface area contributed by atoms with E-state index in [1.165, 1.54) is 22.6 Å². The maximum absolute atomic E-state index is 5.99. The SMILES string of the molecule is NN1CCC2CC=c3ccccc3=C21. The molecular formula is C12H14N2. The fourth-order valence-corrected chi connectivity index (χ4v) is 2.57. The summed E-state index contributed by atoms with van der Waals surface area (Å²) in [5.41, 5.74) is 1.35. The van der Waals surface area contributed by atoms with Crippen molar-refractivity contribution in [3.8, 4) is 0 Å². The molecule has 1 unspecified atom stereocenters. The van der Waals surface area contributed by atoms with E-state index in [4.69, 9.17) is 5.84 Å². The van der Waals surface area contributed by atoms with Gasteiger partial charge in [-0.1, -0.05) is 30.3 Å². The van der Waals surface area contributed by atoms with Gasteiger partial charge in [-0.3, -0.25) is 0 Å². The molecule has 0 spiro atoms. The summed E-state index contributed by atoms with van der Waals surface area (Å²) in [6.07, 6.45) is 4.69. The predicted molar refractivity (Wildman–Crippen MR) is 57.2 cm³/mol. The number of hydrogen-bond donors (Lipinski definition) is 1. The molecule has 1 aromatic rings. The summed E-state index contributed by atoms with van der Waals surface area (Å²) in [7, 11) is 0. The van der Waals surface area contributed by atoms with E-state index in [-0.39, 0.29) is 0 Å². The van der Waals surface area contributed by atoms with Crippen LogP contribution in [0.4, 0.5) is 0 Å². The Balaban J connectivity index is 2.37. The number of hydrazine groups is 1. The maximum Gasteiger partial charge on any atom is 0.0404 e. The highest BCUT2D eigenvalue weighted by atomic mass is 15.4. The third-order valence-corrected chi connectivity index (χ3v) is 3.27. The van der Waals surface area contributed by atoms with Crippen LogP contribution in [0.5, 0.6) is 0 Å². The Labute approximate surface area is 83.3 Å². The predicted octanol–water partition coefficient (Wildman–Crippen LogP) is 0.175. The van der Waals surface area contributed by atoms with Crippen LogP contribution in [0.25, 0.3) is 11.8 Å². The van der Waals surface area contributed by atoms with E-state index in [1.807, 2.05) is 5.01 Å². The highest BCUT2D eigenvalue weighted by molar-refractivity contribution is 5.54. The zero-order chi connectivity index (χ0) is 9.54. The number of fused-ring (bicyclic) bond motifs is 2. The van der Waals surface area contributed by atoms with Gasteiger partial charge in [0.1, 0.15) is 0 Å². The minimum absolute atomic E-state index is 0.662. The van der Waals surface area contributed by atoms with E-state index in [1.54, 1.807) is 0 Å². The summed E-state index contributed by atoms with van der Waals surface area (Å²) in [4.78, 5) is 0. The zero-order valence-electron chi connectivity index (χ0n) is 8.11. The van der Waals surface area contributed by atoms with Gasteiger partial charge < -0.3 is 5.01 Å². The first-order valence-electron chi connectivity index (χ1n) is 5.18. The van der Waals surface area contributed by atoms with Crippen molar-refractivity contribution in [2.45, 2.75) is 12.8 Å². The highest BCUT2D eigenvalue weighted by Gasteiger charge is 2.27. The van der Waals surface area contributed by atoms with Crippen LogP contribution in [0.15, 0.2) is 24.3 Å². The third-order valence-electron chi connectivity index (χ3n) is 3.27. The number of nitrogens with zero attached hydrogens (tertiary/aromatic N) is 1. The van der Waals surface area contributed by atoms with Gasteiger partial charge in [0, 0.05) is 23.4 Å². The van der Waals surface area contributed by atoms with E-state index >= 15 is 0 Å². The van der Waals surface area contributed by atoms with Gasteiger partial charge in [-0.2, -0.15) is 0 Å². The third kappa shape index (κ3) is 1.01. The first-order valence-corrected chi connectivity index (χ1v) is 5.18. The topological polar surface area (TPSA) is 29.3 Å². The van der Waals surface area contributed by atoms with Gasteiger partial charge in [0.15, 0.2) is 0 Å². The molecule has 1 atom stereocenters. The van der Waals surface area contributed by atoms with Crippen LogP contribution >= 0.6 is 0 Å². The molecule has 0 aromatic heterocycles. The van der Waals surface area contributed by atoms with Gasteiger partial charge in [-0.05, 0) is 18.1 Å². The van der Waals surface area contributed by atoms with Crippen molar-refractivity contribution in [3.63, 3.8) is 0 Å². The van der Waals surface area contributed by atoms with E-state index in [0.717, 1.165) is 13.0 Å². The second-order valence-electron chi connectivity index (χ2n) is 4.09. The first kappa shape index (κ1) is 8.06. The molecule has 0 saturated carbocycles. The fourth-order valence-electron chi connectivity index (χ4n) is 2.57. The Bertz CT molecular complexity index is 475. The lowest BCUT2D eigenvalue weighted by molar-refractivity contribution is 0.456. The molecule has 1 saturated heterocycles. The lowest BCUT2D eigenvalue weighted by atomic mass is 9.94. The molecule has 0 radical (unpaired) electrons. The van der Waals surface area contributed by atoms with Crippen LogP contribution in [-0.4, -0.2) is 11.6 Å². The zero-order valence-corrected chi connectivity index (χ0v) is 8.11. The lowest BCUT2D eigenvalue weighted by Crippen LogP contribution is -2.38. The van der Waals surface area contributed by atoms with Crippen molar-refractivity contribution < 1.29 is 0 Å². The van der Waals surface area contributed by atoms with Crippen molar-refractivity contribution in [1.29, 1.82) is 0 Å². The van der Waals surface area contributed by atoms with Crippen molar-refractivity contribution in [1.82, 2.24) is 5.01 Å². The van der Waals surface area contributed by atoms with Gasteiger partial charge in [-0.25, -0.2) is 5.84 Å². The highest BCUT2D eigenvalue weighted by Crippen LogP contribution is 2.29.